The first-order valence-electron chi connectivity index (χ1n) is 13.8. The van der Waals surface area contributed by atoms with Crippen LogP contribution in [0.4, 0.5) is 4.79 Å². The number of carboxylic acid groups (broad SMARTS) is 1. The molecular formula is C31H37N5O5. The minimum atomic E-state index is -0.787. The molecule has 4 rings (SSSR count). The molecule has 41 heavy (non-hydrogen) atoms. The van der Waals surface area contributed by atoms with E-state index >= 15 is 0 Å². The number of aliphatic carboxylic acids is 1. The van der Waals surface area contributed by atoms with Crippen LogP contribution < -0.4 is 10.1 Å². The van der Waals surface area contributed by atoms with E-state index in [1.54, 1.807) is 12.5 Å². The van der Waals surface area contributed by atoms with Crippen LogP contribution in [0.2, 0.25) is 0 Å². The van der Waals surface area contributed by atoms with Crippen LogP contribution in [0.5, 0.6) is 5.75 Å². The van der Waals surface area contributed by atoms with Crippen molar-refractivity contribution in [3.05, 3.63) is 78.0 Å². The van der Waals surface area contributed by atoms with Gasteiger partial charge in [-0.1, -0.05) is 24.3 Å². The Morgan fingerprint density at radius 1 is 0.951 bits per heavy atom. The van der Waals surface area contributed by atoms with Gasteiger partial charge in [-0.15, -0.1) is 0 Å². The van der Waals surface area contributed by atoms with Crippen LogP contribution in [0.15, 0.2) is 61.1 Å². The maximum Gasteiger partial charge on any atom is 0.407 e. The van der Waals surface area contributed by atoms with Gasteiger partial charge in [-0.05, 0) is 81.8 Å². The van der Waals surface area contributed by atoms with Gasteiger partial charge in [0.15, 0.2) is 5.65 Å². The lowest BCUT2D eigenvalue weighted by Crippen LogP contribution is -2.33. The molecule has 0 radical (unpaired) electrons. The molecule has 2 heterocycles. The summed E-state index contributed by atoms with van der Waals surface area (Å²) in [6.45, 7) is 6.57. The van der Waals surface area contributed by atoms with Crippen LogP contribution in [0.1, 0.15) is 63.4 Å². The Balaban J connectivity index is 1.31. The first-order chi connectivity index (χ1) is 19.7. The second-order valence-electron chi connectivity index (χ2n) is 10.8. The maximum atomic E-state index is 11.8. The molecule has 2 aromatic heterocycles. The zero-order chi connectivity index (χ0) is 29.2. The number of aryl methyl sites for hydroxylation is 1. The van der Waals surface area contributed by atoms with Crippen molar-refractivity contribution in [1.29, 1.82) is 0 Å². The number of fused-ring (bicyclic) bond motifs is 1. The molecule has 216 valence electrons. The van der Waals surface area contributed by atoms with Crippen molar-refractivity contribution < 1.29 is 24.2 Å². The number of imidazole rings is 1. The SMILES string of the molecule is CC(C)(C)OC(=O)NCCCc1ccc(Cc2ncc3ncn(-c4ccc(OCCCCC(=O)O)cc4)c3n2)cc1. The van der Waals surface area contributed by atoms with E-state index in [-0.39, 0.29) is 12.5 Å². The second-order valence-corrected chi connectivity index (χ2v) is 10.8. The van der Waals surface area contributed by atoms with E-state index < -0.39 is 11.6 Å². The quantitative estimate of drug-likeness (QED) is 0.206. The Labute approximate surface area is 239 Å². The van der Waals surface area contributed by atoms with Gasteiger partial charge in [0.1, 0.15) is 29.0 Å². The van der Waals surface area contributed by atoms with E-state index in [4.69, 9.17) is 19.6 Å². The van der Waals surface area contributed by atoms with Crippen LogP contribution in [-0.2, 0) is 22.4 Å². The molecule has 0 aliphatic heterocycles. The summed E-state index contributed by atoms with van der Waals surface area (Å²) in [4.78, 5) is 36.1. The number of rotatable bonds is 13. The standard InChI is InChI=1S/C31H37N5O5/c1-31(2,3)41-30(39)32-17-6-7-22-9-11-23(12-10-22)19-27-33-20-26-29(35-27)36(21-34-26)24-13-15-25(16-14-24)40-18-5-4-8-28(37)38/h9-16,20-21H,4-8,17-19H2,1-3H3,(H,32,39)(H,37,38). The van der Waals surface area contributed by atoms with Gasteiger partial charge in [-0.2, -0.15) is 0 Å². The van der Waals surface area contributed by atoms with Crippen LogP contribution in [0, 0.1) is 0 Å². The Bertz CT molecular complexity index is 1440. The first-order valence-corrected chi connectivity index (χ1v) is 13.8. The number of aromatic nitrogens is 4. The smallest absolute Gasteiger partial charge is 0.407 e. The van der Waals surface area contributed by atoms with Crippen molar-refractivity contribution in [3.8, 4) is 11.4 Å². The van der Waals surface area contributed by atoms with Gasteiger partial charge in [-0.25, -0.2) is 19.7 Å². The number of nitrogens with zero attached hydrogens (tertiary/aromatic N) is 4. The molecule has 0 unspecified atom stereocenters. The summed E-state index contributed by atoms with van der Waals surface area (Å²) < 4.78 is 12.9. The number of carbonyl (C=O) groups is 2. The summed E-state index contributed by atoms with van der Waals surface area (Å²) in [6, 6.07) is 16.0. The van der Waals surface area contributed by atoms with Gasteiger partial charge >= 0.3 is 12.1 Å². The molecule has 2 aromatic carbocycles. The zero-order valence-electron chi connectivity index (χ0n) is 23.8. The highest BCUT2D eigenvalue weighted by molar-refractivity contribution is 5.72. The third kappa shape index (κ3) is 9.30. The fourth-order valence-electron chi connectivity index (χ4n) is 4.19. The summed E-state index contributed by atoms with van der Waals surface area (Å²) in [5, 5.41) is 11.5. The molecule has 1 amide bonds. The number of ether oxygens (including phenoxy) is 2. The third-order valence-corrected chi connectivity index (χ3v) is 6.20. The molecule has 2 N–H and O–H groups in total. The average Bonchev–Trinajstić information content (AvgIpc) is 3.34. The number of nitrogens with one attached hydrogen (secondary N) is 1. The van der Waals surface area contributed by atoms with Crippen LogP contribution in [-0.4, -0.2) is 55.4 Å². The number of amides is 1. The van der Waals surface area contributed by atoms with E-state index in [1.807, 2.05) is 49.6 Å². The molecule has 0 bridgehead atoms. The number of carbonyl (C=O) groups excluding carboxylic acids is 1. The number of hydrogen-bond acceptors (Lipinski definition) is 7. The lowest BCUT2D eigenvalue weighted by atomic mass is 10.1. The van der Waals surface area contributed by atoms with Gasteiger partial charge < -0.3 is 19.9 Å². The molecule has 0 saturated carbocycles. The summed E-state index contributed by atoms with van der Waals surface area (Å²) in [5.41, 5.74) is 4.15. The van der Waals surface area contributed by atoms with Gasteiger partial charge in [0, 0.05) is 25.1 Å². The average molecular weight is 560 g/mol. The number of alkyl carbamates (subject to hydrolysis) is 1. The molecule has 0 aliphatic carbocycles. The van der Waals surface area contributed by atoms with E-state index in [1.165, 1.54) is 5.56 Å². The van der Waals surface area contributed by atoms with Gasteiger partial charge in [0.25, 0.3) is 0 Å². The van der Waals surface area contributed by atoms with Crippen molar-refractivity contribution in [3.63, 3.8) is 0 Å². The van der Waals surface area contributed by atoms with Crippen molar-refractivity contribution in [2.24, 2.45) is 0 Å². The Morgan fingerprint density at radius 3 is 2.39 bits per heavy atom. The summed E-state index contributed by atoms with van der Waals surface area (Å²) in [5.74, 6) is 0.645. The van der Waals surface area contributed by atoms with E-state index in [2.05, 4.69) is 39.6 Å². The van der Waals surface area contributed by atoms with Crippen molar-refractivity contribution in [2.75, 3.05) is 13.2 Å². The van der Waals surface area contributed by atoms with Crippen LogP contribution >= 0.6 is 0 Å². The monoisotopic (exact) mass is 559 g/mol. The predicted molar refractivity (Wildman–Crippen MR) is 155 cm³/mol. The molecule has 10 nitrogen and oxygen atoms in total. The second kappa shape index (κ2) is 13.7. The summed E-state index contributed by atoms with van der Waals surface area (Å²) in [6.07, 6.45) is 6.80. The lowest BCUT2D eigenvalue weighted by Gasteiger charge is -2.19. The fraction of sp³-hybridized carbons (Fsp3) is 0.387. The highest BCUT2D eigenvalue weighted by Gasteiger charge is 2.15. The molecule has 0 aliphatic rings. The molecule has 0 fully saturated rings. The largest absolute Gasteiger partial charge is 0.494 e. The number of carboxylic acids is 1. The van der Waals surface area contributed by atoms with Crippen LogP contribution in [0.3, 0.4) is 0 Å². The molecule has 0 spiro atoms. The highest BCUT2D eigenvalue weighted by Crippen LogP contribution is 2.20. The molecule has 0 atom stereocenters. The summed E-state index contributed by atoms with van der Waals surface area (Å²) in [7, 11) is 0. The molecule has 0 saturated heterocycles. The van der Waals surface area contributed by atoms with E-state index in [9.17, 15) is 9.59 Å². The number of unbranched alkanes of at least 4 members (excludes halogenated alkanes) is 1. The molecular weight excluding hydrogens is 522 g/mol. The predicted octanol–water partition coefficient (Wildman–Crippen LogP) is 5.50. The Kier molecular flexibility index (Phi) is 9.89. The van der Waals surface area contributed by atoms with Gasteiger partial charge in [0.2, 0.25) is 0 Å². The maximum absolute atomic E-state index is 11.8. The third-order valence-electron chi connectivity index (χ3n) is 6.20. The minimum absolute atomic E-state index is 0.155. The number of benzene rings is 2. The first kappa shape index (κ1) is 29.5. The summed E-state index contributed by atoms with van der Waals surface area (Å²) >= 11 is 0. The normalized spacial score (nSPS) is 11.4. The van der Waals surface area contributed by atoms with E-state index in [0.717, 1.165) is 35.5 Å². The van der Waals surface area contributed by atoms with Crippen molar-refractivity contribution in [1.82, 2.24) is 24.8 Å². The van der Waals surface area contributed by atoms with Gasteiger partial charge in [0.05, 0.1) is 12.8 Å². The minimum Gasteiger partial charge on any atom is -0.494 e. The fourth-order valence-corrected chi connectivity index (χ4v) is 4.19. The zero-order valence-corrected chi connectivity index (χ0v) is 23.8. The van der Waals surface area contributed by atoms with Crippen molar-refractivity contribution >= 4 is 23.2 Å². The Morgan fingerprint density at radius 2 is 1.68 bits per heavy atom. The van der Waals surface area contributed by atoms with Gasteiger partial charge in [-0.3, -0.25) is 9.36 Å². The van der Waals surface area contributed by atoms with E-state index in [0.29, 0.717) is 43.8 Å². The lowest BCUT2D eigenvalue weighted by molar-refractivity contribution is -0.137. The Hall–Kier alpha value is -4.47. The number of hydrogen-bond donors (Lipinski definition) is 2. The topological polar surface area (TPSA) is 128 Å². The van der Waals surface area contributed by atoms with Crippen LogP contribution in [0.25, 0.3) is 16.9 Å². The van der Waals surface area contributed by atoms with Crippen molar-refractivity contribution in [2.45, 2.75) is 64.9 Å². The highest BCUT2D eigenvalue weighted by atomic mass is 16.6. The molecule has 10 heteroatoms. The molecule has 4 aromatic rings.